The van der Waals surface area contributed by atoms with Gasteiger partial charge in [-0.15, -0.1) is 0 Å². The number of benzene rings is 2. The van der Waals surface area contributed by atoms with Crippen LogP contribution in [0.25, 0.3) is 11.1 Å². The molecule has 0 aliphatic carbocycles. The third-order valence-corrected chi connectivity index (χ3v) is 5.41. The lowest BCUT2D eigenvalue weighted by molar-refractivity contribution is -0.147. The summed E-state index contributed by atoms with van der Waals surface area (Å²) >= 11 is 0. The van der Waals surface area contributed by atoms with Crippen LogP contribution in [0.1, 0.15) is 46.8 Å². The molecule has 2 aromatic carbocycles. The number of amides is 1. The number of carboxylic acid groups (broad SMARTS) is 1. The molecule has 0 spiro atoms. The molecule has 0 aliphatic rings. The Morgan fingerprint density at radius 3 is 2.34 bits per heavy atom. The smallest absolute Gasteiger partial charge is 0.352 e. The second kappa shape index (κ2) is 11.7. The largest absolute Gasteiger partial charge is 0.477 e. The standard InChI is InChI=1S/C26H27N3O6/c1-3-35-25(33)16(2)13-20(27-23(30)21-15-22(24(31)32)29-26(34)28-21)14-17-9-11-19(12-10-17)18-7-5-4-6-8-18/h4-12,15-16,20H,3,13-14H2,1-2H3,(H,27,30)(H,31,32)(H,28,29,34)/t16-,20+/m1/s1. The molecule has 1 heterocycles. The second-order valence-electron chi connectivity index (χ2n) is 8.12. The zero-order valence-electron chi connectivity index (χ0n) is 19.5. The number of H-pyrrole nitrogens is 1. The fourth-order valence-corrected chi connectivity index (χ4v) is 3.70. The maximum Gasteiger partial charge on any atom is 0.352 e. The molecule has 182 valence electrons. The van der Waals surface area contributed by atoms with Gasteiger partial charge >= 0.3 is 17.6 Å². The van der Waals surface area contributed by atoms with Crippen LogP contribution in [0.4, 0.5) is 0 Å². The summed E-state index contributed by atoms with van der Waals surface area (Å²) in [5.41, 5.74) is 1.35. The lowest BCUT2D eigenvalue weighted by atomic mass is 9.94. The Bertz CT molecular complexity index is 1240. The highest BCUT2D eigenvalue weighted by atomic mass is 16.5. The maximum absolute atomic E-state index is 12.9. The number of aromatic carboxylic acids is 1. The fraction of sp³-hybridized carbons (Fsp3) is 0.269. The molecule has 1 amide bonds. The molecule has 0 bridgehead atoms. The Morgan fingerprint density at radius 1 is 1.06 bits per heavy atom. The predicted molar refractivity (Wildman–Crippen MR) is 129 cm³/mol. The lowest BCUT2D eigenvalue weighted by Crippen LogP contribution is -2.40. The minimum atomic E-state index is -1.38. The number of carbonyl (C=O) groups is 3. The third-order valence-electron chi connectivity index (χ3n) is 5.41. The normalized spacial score (nSPS) is 12.4. The summed E-state index contributed by atoms with van der Waals surface area (Å²) in [5, 5.41) is 11.9. The van der Waals surface area contributed by atoms with Crippen molar-refractivity contribution in [2.24, 2.45) is 5.92 Å². The minimum absolute atomic E-state index is 0.246. The topological polar surface area (TPSA) is 138 Å². The summed E-state index contributed by atoms with van der Waals surface area (Å²) in [6.45, 7) is 3.68. The molecule has 0 aliphatic heterocycles. The molecular formula is C26H27N3O6. The number of carboxylic acids is 1. The van der Waals surface area contributed by atoms with Crippen molar-refractivity contribution < 1.29 is 24.2 Å². The first-order valence-electron chi connectivity index (χ1n) is 11.2. The van der Waals surface area contributed by atoms with Crippen molar-refractivity contribution in [1.82, 2.24) is 15.3 Å². The summed E-state index contributed by atoms with van der Waals surface area (Å²) < 4.78 is 5.09. The molecule has 0 unspecified atom stereocenters. The van der Waals surface area contributed by atoms with E-state index in [0.29, 0.717) is 6.42 Å². The van der Waals surface area contributed by atoms with Crippen molar-refractivity contribution in [3.8, 4) is 11.1 Å². The van der Waals surface area contributed by atoms with Gasteiger partial charge in [0, 0.05) is 12.1 Å². The van der Waals surface area contributed by atoms with Gasteiger partial charge < -0.3 is 15.2 Å². The van der Waals surface area contributed by atoms with Crippen LogP contribution < -0.4 is 11.0 Å². The summed E-state index contributed by atoms with van der Waals surface area (Å²) in [6.07, 6.45) is 0.680. The van der Waals surface area contributed by atoms with Gasteiger partial charge in [-0.2, -0.15) is 4.98 Å². The van der Waals surface area contributed by atoms with Crippen molar-refractivity contribution >= 4 is 17.8 Å². The van der Waals surface area contributed by atoms with Crippen LogP contribution in [0, 0.1) is 5.92 Å². The number of nitrogens with zero attached hydrogens (tertiary/aromatic N) is 1. The van der Waals surface area contributed by atoms with E-state index in [1.165, 1.54) is 0 Å². The Hall–Kier alpha value is -4.27. The average Bonchev–Trinajstić information content (AvgIpc) is 2.84. The molecule has 3 N–H and O–H groups in total. The number of ether oxygens (including phenoxy) is 1. The van der Waals surface area contributed by atoms with Gasteiger partial charge in [0.05, 0.1) is 12.5 Å². The van der Waals surface area contributed by atoms with Crippen LogP contribution in [0.15, 0.2) is 65.5 Å². The number of hydrogen-bond donors (Lipinski definition) is 3. The highest BCUT2D eigenvalue weighted by Crippen LogP contribution is 2.21. The Labute approximate surface area is 202 Å². The van der Waals surface area contributed by atoms with Gasteiger partial charge in [0.2, 0.25) is 0 Å². The van der Waals surface area contributed by atoms with Gasteiger partial charge in [-0.25, -0.2) is 9.59 Å². The second-order valence-corrected chi connectivity index (χ2v) is 8.12. The van der Waals surface area contributed by atoms with Gasteiger partial charge in [0.25, 0.3) is 5.91 Å². The SMILES string of the molecule is CCOC(=O)[C@H](C)C[C@@H](Cc1ccc(-c2ccccc2)cc1)NC(=O)c1cc(C(=O)O)[nH]c(=O)n1. The van der Waals surface area contributed by atoms with E-state index < -0.39 is 35.2 Å². The summed E-state index contributed by atoms with van der Waals surface area (Å²) in [4.78, 5) is 53.6. The van der Waals surface area contributed by atoms with E-state index in [1.807, 2.05) is 54.6 Å². The molecule has 0 saturated heterocycles. The number of carbonyl (C=O) groups excluding carboxylic acids is 2. The molecule has 0 radical (unpaired) electrons. The van der Waals surface area contributed by atoms with Gasteiger partial charge in [0.1, 0.15) is 11.4 Å². The Balaban J connectivity index is 1.81. The molecule has 3 aromatic rings. The Morgan fingerprint density at radius 2 is 1.71 bits per heavy atom. The number of aromatic nitrogens is 2. The van der Waals surface area contributed by atoms with Crippen molar-refractivity contribution in [3.05, 3.63) is 88.1 Å². The first-order chi connectivity index (χ1) is 16.8. The number of aromatic amines is 1. The van der Waals surface area contributed by atoms with Gasteiger partial charge in [-0.05, 0) is 36.5 Å². The average molecular weight is 478 g/mol. The maximum atomic E-state index is 12.9. The number of nitrogens with one attached hydrogen (secondary N) is 2. The first kappa shape index (κ1) is 25.4. The lowest BCUT2D eigenvalue weighted by Gasteiger charge is -2.22. The van der Waals surface area contributed by atoms with Crippen molar-refractivity contribution in [3.63, 3.8) is 0 Å². The summed E-state index contributed by atoms with van der Waals surface area (Å²) in [7, 11) is 0. The number of rotatable bonds is 10. The highest BCUT2D eigenvalue weighted by Gasteiger charge is 2.23. The summed E-state index contributed by atoms with van der Waals surface area (Å²) in [6, 6.07) is 18.3. The molecule has 1 aromatic heterocycles. The van der Waals surface area contributed by atoms with Crippen LogP contribution in [0.3, 0.4) is 0 Å². The van der Waals surface area contributed by atoms with Crippen molar-refractivity contribution in [2.45, 2.75) is 32.7 Å². The number of hydrogen-bond acceptors (Lipinski definition) is 6. The van der Waals surface area contributed by atoms with E-state index in [1.54, 1.807) is 13.8 Å². The van der Waals surface area contributed by atoms with Crippen molar-refractivity contribution in [1.29, 1.82) is 0 Å². The molecule has 0 fully saturated rings. The quantitative estimate of drug-likeness (QED) is 0.382. The van der Waals surface area contributed by atoms with E-state index in [2.05, 4.69) is 15.3 Å². The van der Waals surface area contributed by atoms with Crippen LogP contribution in [-0.4, -0.2) is 45.6 Å². The van der Waals surface area contributed by atoms with Gasteiger partial charge in [0.15, 0.2) is 0 Å². The highest BCUT2D eigenvalue weighted by molar-refractivity contribution is 5.95. The summed E-state index contributed by atoms with van der Waals surface area (Å²) in [5.74, 6) is -2.97. The Kier molecular flexibility index (Phi) is 8.50. The van der Waals surface area contributed by atoms with Crippen LogP contribution in [-0.2, 0) is 16.0 Å². The zero-order chi connectivity index (χ0) is 25.4. The number of esters is 1. The minimum Gasteiger partial charge on any atom is -0.477 e. The van der Waals surface area contributed by atoms with Gasteiger partial charge in [-0.3, -0.25) is 14.6 Å². The molecule has 9 nitrogen and oxygen atoms in total. The molecule has 9 heteroatoms. The first-order valence-corrected chi connectivity index (χ1v) is 11.2. The fourth-order valence-electron chi connectivity index (χ4n) is 3.70. The molecule has 35 heavy (non-hydrogen) atoms. The van der Waals surface area contributed by atoms with Crippen molar-refractivity contribution in [2.75, 3.05) is 6.61 Å². The molecule has 2 atom stereocenters. The monoisotopic (exact) mass is 477 g/mol. The van der Waals surface area contributed by atoms with Crippen LogP contribution in [0.2, 0.25) is 0 Å². The van der Waals surface area contributed by atoms with Crippen LogP contribution in [0.5, 0.6) is 0 Å². The zero-order valence-corrected chi connectivity index (χ0v) is 19.5. The van der Waals surface area contributed by atoms with E-state index in [4.69, 9.17) is 9.84 Å². The van der Waals surface area contributed by atoms with E-state index in [0.717, 1.165) is 22.8 Å². The molecule has 0 saturated carbocycles. The predicted octanol–water partition coefficient (Wildman–Crippen LogP) is 3.07. The van der Waals surface area contributed by atoms with E-state index in [9.17, 15) is 19.2 Å². The van der Waals surface area contributed by atoms with Crippen LogP contribution >= 0.6 is 0 Å². The van der Waals surface area contributed by atoms with Gasteiger partial charge in [-0.1, -0.05) is 61.5 Å². The molecule has 3 rings (SSSR count). The molecular weight excluding hydrogens is 450 g/mol. The van der Waals surface area contributed by atoms with E-state index >= 15 is 0 Å². The third kappa shape index (κ3) is 7.10. The van der Waals surface area contributed by atoms with E-state index in [-0.39, 0.29) is 24.7 Å².